The minimum Gasteiger partial charge on any atom is -0.463 e. The number of carbonyl (C=O) groups excluding carboxylic acids is 1. The van der Waals surface area contributed by atoms with Gasteiger partial charge in [-0.1, -0.05) is 11.6 Å². The van der Waals surface area contributed by atoms with Crippen LogP contribution in [-0.4, -0.2) is 59.9 Å². The lowest BCUT2D eigenvalue weighted by molar-refractivity contribution is 0.0942. The van der Waals surface area contributed by atoms with Crippen LogP contribution in [0.5, 0.6) is 0 Å². The van der Waals surface area contributed by atoms with Crippen LogP contribution in [0.3, 0.4) is 0 Å². The third-order valence-electron chi connectivity index (χ3n) is 4.71. The van der Waals surface area contributed by atoms with Crippen molar-refractivity contribution >= 4 is 29.9 Å². The number of piperazine rings is 1. The summed E-state index contributed by atoms with van der Waals surface area (Å²) in [6.07, 6.45) is 1.60. The number of furan rings is 1. The predicted molar refractivity (Wildman–Crippen MR) is 115 cm³/mol. The van der Waals surface area contributed by atoms with Gasteiger partial charge in [0.2, 0.25) is 0 Å². The van der Waals surface area contributed by atoms with E-state index in [0.29, 0.717) is 28.7 Å². The third kappa shape index (κ3) is 5.19. The molecule has 1 aliphatic heterocycles. The molecule has 154 valence electrons. The average molecular weight is 436 g/mol. The minimum absolute atomic E-state index is 0. The summed E-state index contributed by atoms with van der Waals surface area (Å²) < 4.78 is 7.22. The van der Waals surface area contributed by atoms with Crippen molar-refractivity contribution in [2.75, 3.05) is 39.3 Å². The summed E-state index contributed by atoms with van der Waals surface area (Å²) in [6.45, 7) is 5.41. The van der Waals surface area contributed by atoms with Crippen LogP contribution in [0.25, 0.3) is 17.1 Å². The fraction of sp³-hybridized carbons (Fsp3) is 0.300. The van der Waals surface area contributed by atoms with Gasteiger partial charge < -0.3 is 15.1 Å². The number of benzene rings is 1. The molecule has 9 heteroatoms. The molecule has 1 amide bonds. The third-order valence-corrected chi connectivity index (χ3v) is 4.96. The number of aromatic nitrogens is 2. The Kier molecular flexibility index (Phi) is 7.33. The molecule has 3 heterocycles. The number of carbonyl (C=O) groups is 1. The van der Waals surface area contributed by atoms with Crippen molar-refractivity contribution in [1.29, 1.82) is 0 Å². The van der Waals surface area contributed by atoms with Crippen LogP contribution < -0.4 is 10.6 Å². The lowest BCUT2D eigenvalue weighted by Gasteiger charge is -2.26. The largest absolute Gasteiger partial charge is 0.463 e. The quantitative estimate of drug-likeness (QED) is 0.622. The maximum Gasteiger partial charge on any atom is 0.271 e. The summed E-state index contributed by atoms with van der Waals surface area (Å²) in [7, 11) is 0. The van der Waals surface area contributed by atoms with E-state index in [9.17, 15) is 4.79 Å². The molecule has 1 saturated heterocycles. The van der Waals surface area contributed by atoms with Gasteiger partial charge in [-0.15, -0.1) is 12.4 Å². The summed E-state index contributed by atoms with van der Waals surface area (Å²) >= 11 is 6.00. The molecule has 1 aliphatic rings. The first kappa shape index (κ1) is 21.4. The molecule has 0 spiro atoms. The zero-order valence-electron chi connectivity index (χ0n) is 15.8. The molecule has 0 bridgehead atoms. The summed E-state index contributed by atoms with van der Waals surface area (Å²) in [5, 5.41) is 11.4. The van der Waals surface area contributed by atoms with Crippen LogP contribution in [0.4, 0.5) is 0 Å². The number of rotatable bonds is 6. The Bertz CT molecular complexity index is 919. The highest BCUT2D eigenvalue weighted by molar-refractivity contribution is 6.30. The molecule has 0 saturated carbocycles. The summed E-state index contributed by atoms with van der Waals surface area (Å²) in [5.74, 6) is 0.443. The molecule has 0 unspecified atom stereocenters. The zero-order valence-corrected chi connectivity index (χ0v) is 17.4. The molecule has 4 rings (SSSR count). The number of hydrogen-bond acceptors (Lipinski definition) is 5. The predicted octanol–water partition coefficient (Wildman–Crippen LogP) is 2.84. The van der Waals surface area contributed by atoms with Crippen molar-refractivity contribution in [3.63, 3.8) is 0 Å². The van der Waals surface area contributed by atoms with Crippen molar-refractivity contribution in [2.45, 2.75) is 0 Å². The van der Waals surface area contributed by atoms with E-state index in [1.807, 2.05) is 24.3 Å². The van der Waals surface area contributed by atoms with Crippen LogP contribution in [0.1, 0.15) is 10.5 Å². The van der Waals surface area contributed by atoms with Gasteiger partial charge in [-0.05, 0) is 36.4 Å². The number of nitrogens with zero attached hydrogens (tertiary/aromatic N) is 3. The monoisotopic (exact) mass is 435 g/mol. The van der Waals surface area contributed by atoms with Gasteiger partial charge in [-0.25, -0.2) is 4.68 Å². The van der Waals surface area contributed by atoms with Crippen LogP contribution in [-0.2, 0) is 0 Å². The van der Waals surface area contributed by atoms with Crippen molar-refractivity contribution in [3.8, 4) is 17.1 Å². The molecule has 2 aromatic heterocycles. The molecular weight excluding hydrogens is 413 g/mol. The molecule has 1 aromatic carbocycles. The Morgan fingerprint density at radius 2 is 1.97 bits per heavy atom. The maximum absolute atomic E-state index is 12.6. The van der Waals surface area contributed by atoms with Crippen molar-refractivity contribution in [1.82, 2.24) is 25.3 Å². The highest BCUT2D eigenvalue weighted by Gasteiger charge is 2.18. The van der Waals surface area contributed by atoms with E-state index in [2.05, 4.69) is 20.6 Å². The van der Waals surface area contributed by atoms with E-state index in [0.717, 1.165) is 38.4 Å². The normalized spacial score (nSPS) is 14.4. The number of hydrogen-bond donors (Lipinski definition) is 2. The highest BCUT2D eigenvalue weighted by Crippen LogP contribution is 2.25. The van der Waals surface area contributed by atoms with E-state index < -0.39 is 0 Å². The second-order valence-corrected chi connectivity index (χ2v) is 7.06. The van der Waals surface area contributed by atoms with Crippen LogP contribution in [0, 0.1) is 0 Å². The lowest BCUT2D eigenvalue weighted by atomic mass is 10.2. The van der Waals surface area contributed by atoms with Crippen molar-refractivity contribution in [3.05, 3.63) is 59.4 Å². The van der Waals surface area contributed by atoms with Gasteiger partial charge in [0.05, 0.1) is 12.0 Å². The van der Waals surface area contributed by atoms with Crippen LogP contribution in [0.2, 0.25) is 5.02 Å². The zero-order chi connectivity index (χ0) is 19.3. The Hall–Kier alpha value is -2.32. The first-order valence-corrected chi connectivity index (χ1v) is 9.70. The summed E-state index contributed by atoms with van der Waals surface area (Å²) in [6, 6.07) is 12.7. The number of halogens is 2. The fourth-order valence-corrected chi connectivity index (χ4v) is 3.35. The molecule has 0 radical (unpaired) electrons. The van der Waals surface area contributed by atoms with E-state index >= 15 is 0 Å². The first-order chi connectivity index (χ1) is 13.7. The summed E-state index contributed by atoms with van der Waals surface area (Å²) in [4.78, 5) is 15.0. The maximum atomic E-state index is 12.6. The Labute approximate surface area is 180 Å². The molecular formula is C20H23Cl2N5O2. The van der Waals surface area contributed by atoms with Gasteiger partial charge >= 0.3 is 0 Å². The smallest absolute Gasteiger partial charge is 0.271 e. The standard InChI is InChI=1S/C20H22ClN5O2.ClH/c21-15-3-5-16(6-4-15)26-18(19-2-1-13-28-19)14-17(24-26)20(27)23-9-12-25-10-7-22-8-11-25;/h1-6,13-14,22H,7-12H2,(H,23,27);1H. The molecule has 2 N–H and O–H groups in total. The first-order valence-electron chi connectivity index (χ1n) is 9.32. The van der Waals surface area contributed by atoms with Gasteiger partial charge in [0.25, 0.3) is 5.91 Å². The Balaban J connectivity index is 0.00000240. The minimum atomic E-state index is -0.198. The fourth-order valence-electron chi connectivity index (χ4n) is 3.22. The van der Waals surface area contributed by atoms with Gasteiger partial charge in [-0.2, -0.15) is 5.10 Å². The Morgan fingerprint density at radius 3 is 2.66 bits per heavy atom. The van der Waals surface area contributed by atoms with E-state index in [-0.39, 0.29) is 18.3 Å². The second-order valence-electron chi connectivity index (χ2n) is 6.63. The number of nitrogens with one attached hydrogen (secondary N) is 2. The van der Waals surface area contributed by atoms with Gasteiger partial charge in [-0.3, -0.25) is 9.69 Å². The highest BCUT2D eigenvalue weighted by atomic mass is 35.5. The molecule has 0 aliphatic carbocycles. The van der Waals surface area contributed by atoms with Crippen LogP contribution >= 0.6 is 24.0 Å². The molecule has 0 atom stereocenters. The van der Waals surface area contributed by atoms with E-state index in [1.54, 1.807) is 29.1 Å². The SMILES string of the molecule is Cl.O=C(NCCN1CCNCC1)c1cc(-c2ccco2)n(-c2ccc(Cl)cc2)n1. The van der Waals surface area contributed by atoms with Gasteiger partial charge in [0.1, 0.15) is 5.69 Å². The average Bonchev–Trinajstić information content (AvgIpc) is 3.39. The summed E-state index contributed by atoms with van der Waals surface area (Å²) in [5.41, 5.74) is 1.86. The molecule has 29 heavy (non-hydrogen) atoms. The van der Waals surface area contributed by atoms with Crippen LogP contribution in [0.15, 0.2) is 53.1 Å². The van der Waals surface area contributed by atoms with E-state index in [4.69, 9.17) is 16.0 Å². The molecule has 3 aromatic rings. The van der Waals surface area contributed by atoms with Gasteiger partial charge in [0.15, 0.2) is 11.5 Å². The lowest BCUT2D eigenvalue weighted by Crippen LogP contribution is -2.46. The molecule has 7 nitrogen and oxygen atoms in total. The topological polar surface area (TPSA) is 75.3 Å². The van der Waals surface area contributed by atoms with Gasteiger partial charge in [0, 0.05) is 50.4 Å². The second kappa shape index (κ2) is 9.93. The Morgan fingerprint density at radius 1 is 1.21 bits per heavy atom. The molecule has 1 fully saturated rings. The number of amides is 1. The van der Waals surface area contributed by atoms with Crippen molar-refractivity contribution < 1.29 is 9.21 Å². The van der Waals surface area contributed by atoms with E-state index in [1.165, 1.54) is 0 Å². The van der Waals surface area contributed by atoms with Crippen molar-refractivity contribution in [2.24, 2.45) is 0 Å².